The van der Waals surface area contributed by atoms with Crippen molar-refractivity contribution in [3.05, 3.63) is 39.9 Å². The SMILES string of the molecule is O.O=C(O)c1ccc([N+](=O)[O-])cc1.[Cu]. The van der Waals surface area contributed by atoms with E-state index in [0.29, 0.717) is 0 Å². The molecule has 0 amide bonds. The van der Waals surface area contributed by atoms with Crippen molar-refractivity contribution in [2.75, 3.05) is 0 Å². The molecule has 0 aromatic heterocycles. The summed E-state index contributed by atoms with van der Waals surface area (Å²) in [4.78, 5) is 19.9. The molecule has 0 unspecified atom stereocenters. The Morgan fingerprint density at radius 2 is 1.71 bits per heavy atom. The molecule has 1 radical (unpaired) electrons. The number of nitro groups is 1. The molecule has 81 valence electrons. The summed E-state index contributed by atoms with van der Waals surface area (Å²) in [6, 6.07) is 4.70. The minimum Gasteiger partial charge on any atom is -0.478 e. The number of carboxylic acids is 1. The third kappa shape index (κ3) is 3.53. The third-order valence-electron chi connectivity index (χ3n) is 1.33. The van der Waals surface area contributed by atoms with Crippen molar-refractivity contribution in [2.45, 2.75) is 0 Å². The number of aromatic carboxylic acids is 1. The molecule has 0 heterocycles. The van der Waals surface area contributed by atoms with E-state index < -0.39 is 10.9 Å². The summed E-state index contributed by atoms with van der Waals surface area (Å²) >= 11 is 0. The van der Waals surface area contributed by atoms with Crippen LogP contribution in [-0.2, 0) is 17.1 Å². The topological polar surface area (TPSA) is 112 Å². The predicted octanol–water partition coefficient (Wildman–Crippen LogP) is 0.466. The van der Waals surface area contributed by atoms with Crippen LogP contribution in [0.2, 0.25) is 0 Å². The third-order valence-corrected chi connectivity index (χ3v) is 1.33. The number of nitrogens with zero attached hydrogens (tertiary/aromatic N) is 1. The molecule has 0 aliphatic rings. The zero-order chi connectivity index (χ0) is 9.14. The first-order valence-corrected chi connectivity index (χ1v) is 3.09. The van der Waals surface area contributed by atoms with Gasteiger partial charge in [-0.05, 0) is 12.1 Å². The van der Waals surface area contributed by atoms with E-state index in [1.165, 1.54) is 12.1 Å². The Bertz CT molecular complexity index is 290. The standard InChI is InChI=1S/C7H5NO4.Cu.H2O/c9-7(10)5-1-3-6(4-2-5)8(11)12;;/h1-4H,(H,9,10);;1H2. The van der Waals surface area contributed by atoms with Crippen LogP contribution in [0.15, 0.2) is 24.3 Å². The van der Waals surface area contributed by atoms with Crippen LogP contribution in [0, 0.1) is 10.1 Å². The van der Waals surface area contributed by atoms with Crippen LogP contribution in [-0.4, -0.2) is 21.5 Å². The molecule has 14 heavy (non-hydrogen) atoms. The summed E-state index contributed by atoms with van der Waals surface area (Å²) < 4.78 is 0. The Morgan fingerprint density at radius 3 is 2.00 bits per heavy atom. The average molecular weight is 249 g/mol. The van der Waals surface area contributed by atoms with Gasteiger partial charge in [-0.1, -0.05) is 0 Å². The molecule has 0 aliphatic heterocycles. The molecule has 0 saturated heterocycles. The average Bonchev–Trinajstić information content (AvgIpc) is 2.04. The maximum atomic E-state index is 10.3. The second kappa shape index (κ2) is 6.09. The fourth-order valence-electron chi connectivity index (χ4n) is 0.726. The van der Waals surface area contributed by atoms with Crippen LogP contribution >= 0.6 is 0 Å². The first kappa shape index (κ1) is 15.1. The van der Waals surface area contributed by atoms with E-state index in [-0.39, 0.29) is 33.8 Å². The smallest absolute Gasteiger partial charge is 0.335 e. The van der Waals surface area contributed by atoms with E-state index in [4.69, 9.17) is 5.11 Å². The normalized spacial score (nSPS) is 8.00. The number of nitro benzene ring substituents is 1. The van der Waals surface area contributed by atoms with Gasteiger partial charge in [0.15, 0.2) is 0 Å². The van der Waals surface area contributed by atoms with Gasteiger partial charge in [0, 0.05) is 29.2 Å². The van der Waals surface area contributed by atoms with Gasteiger partial charge >= 0.3 is 5.97 Å². The van der Waals surface area contributed by atoms with Gasteiger partial charge in [-0.3, -0.25) is 10.1 Å². The van der Waals surface area contributed by atoms with Crippen molar-refractivity contribution in [3.8, 4) is 0 Å². The zero-order valence-corrected chi connectivity index (χ0v) is 7.67. The molecule has 0 saturated carbocycles. The Balaban J connectivity index is 0. The van der Waals surface area contributed by atoms with E-state index in [0.717, 1.165) is 12.1 Å². The van der Waals surface area contributed by atoms with Crippen LogP contribution < -0.4 is 0 Å². The van der Waals surface area contributed by atoms with Crippen LogP contribution in [0.3, 0.4) is 0 Å². The van der Waals surface area contributed by atoms with Crippen molar-refractivity contribution in [3.63, 3.8) is 0 Å². The second-order valence-corrected chi connectivity index (χ2v) is 2.11. The maximum Gasteiger partial charge on any atom is 0.335 e. The summed E-state index contributed by atoms with van der Waals surface area (Å²) in [7, 11) is 0. The summed E-state index contributed by atoms with van der Waals surface area (Å²) in [5, 5.41) is 18.6. The number of carbonyl (C=O) groups is 1. The van der Waals surface area contributed by atoms with Crippen LogP contribution in [0.5, 0.6) is 0 Å². The molecule has 0 atom stereocenters. The van der Waals surface area contributed by atoms with E-state index in [1.54, 1.807) is 0 Å². The minimum absolute atomic E-state index is 0. The van der Waals surface area contributed by atoms with Crippen LogP contribution in [0.4, 0.5) is 5.69 Å². The molecule has 0 spiro atoms. The monoisotopic (exact) mass is 248 g/mol. The first-order valence-electron chi connectivity index (χ1n) is 3.09. The molecule has 0 fully saturated rings. The quantitative estimate of drug-likeness (QED) is 0.465. The number of benzene rings is 1. The molecular formula is C7H7CuNO5. The van der Waals surface area contributed by atoms with Gasteiger partial charge in [-0.15, -0.1) is 0 Å². The zero-order valence-electron chi connectivity index (χ0n) is 6.73. The van der Waals surface area contributed by atoms with E-state index in [2.05, 4.69) is 0 Å². The Hall–Kier alpha value is -1.43. The Kier molecular flexibility index (Phi) is 6.55. The van der Waals surface area contributed by atoms with Gasteiger partial charge in [-0.25, -0.2) is 4.79 Å². The number of hydrogen-bond donors (Lipinski definition) is 1. The molecule has 7 heteroatoms. The summed E-state index contributed by atoms with van der Waals surface area (Å²) in [5.74, 6) is -1.09. The van der Waals surface area contributed by atoms with E-state index in [9.17, 15) is 14.9 Å². The van der Waals surface area contributed by atoms with Crippen molar-refractivity contribution in [1.82, 2.24) is 0 Å². The first-order chi connectivity index (χ1) is 5.61. The maximum absolute atomic E-state index is 10.3. The van der Waals surface area contributed by atoms with Gasteiger partial charge in [0.1, 0.15) is 0 Å². The number of carboxylic acid groups (broad SMARTS) is 1. The number of hydrogen-bond acceptors (Lipinski definition) is 3. The largest absolute Gasteiger partial charge is 0.478 e. The van der Waals surface area contributed by atoms with Gasteiger partial charge < -0.3 is 10.6 Å². The van der Waals surface area contributed by atoms with Gasteiger partial charge in [0.2, 0.25) is 0 Å². The van der Waals surface area contributed by atoms with E-state index in [1.807, 2.05) is 0 Å². The summed E-state index contributed by atoms with van der Waals surface area (Å²) in [5.41, 5.74) is -0.0689. The number of rotatable bonds is 2. The molecule has 1 aromatic rings. The molecule has 0 aliphatic carbocycles. The fourth-order valence-corrected chi connectivity index (χ4v) is 0.726. The second-order valence-electron chi connectivity index (χ2n) is 2.11. The number of non-ortho nitro benzene ring substituents is 1. The van der Waals surface area contributed by atoms with Crippen molar-refractivity contribution < 1.29 is 37.4 Å². The molecular weight excluding hydrogens is 242 g/mol. The van der Waals surface area contributed by atoms with Gasteiger partial charge in [0.05, 0.1) is 10.5 Å². The fraction of sp³-hybridized carbons (Fsp3) is 0. The predicted molar refractivity (Wildman–Crippen MR) is 43.7 cm³/mol. The van der Waals surface area contributed by atoms with Crippen LogP contribution in [0.1, 0.15) is 10.4 Å². The van der Waals surface area contributed by atoms with Crippen molar-refractivity contribution in [1.29, 1.82) is 0 Å². The van der Waals surface area contributed by atoms with Gasteiger partial charge in [-0.2, -0.15) is 0 Å². The molecule has 3 N–H and O–H groups in total. The summed E-state index contributed by atoms with van der Waals surface area (Å²) in [6.45, 7) is 0. The Morgan fingerprint density at radius 1 is 1.29 bits per heavy atom. The van der Waals surface area contributed by atoms with Crippen molar-refractivity contribution >= 4 is 11.7 Å². The van der Waals surface area contributed by atoms with Gasteiger partial charge in [0.25, 0.3) is 5.69 Å². The molecule has 6 nitrogen and oxygen atoms in total. The molecule has 1 rings (SSSR count). The van der Waals surface area contributed by atoms with Crippen molar-refractivity contribution in [2.24, 2.45) is 0 Å². The molecule has 1 aromatic carbocycles. The minimum atomic E-state index is -1.09. The Labute approximate surface area is 89.5 Å². The van der Waals surface area contributed by atoms with E-state index >= 15 is 0 Å². The summed E-state index contributed by atoms with van der Waals surface area (Å²) in [6.07, 6.45) is 0. The molecule has 0 bridgehead atoms. The van der Waals surface area contributed by atoms with Crippen LogP contribution in [0.25, 0.3) is 0 Å².